The van der Waals surface area contributed by atoms with Crippen molar-refractivity contribution in [2.75, 3.05) is 6.67 Å². The summed E-state index contributed by atoms with van der Waals surface area (Å²) in [7, 11) is 0. The van der Waals surface area contributed by atoms with E-state index in [0.29, 0.717) is 17.9 Å². The van der Waals surface area contributed by atoms with Crippen LogP contribution in [-0.4, -0.2) is 17.9 Å². The Labute approximate surface area is 89.6 Å². The highest BCUT2D eigenvalue weighted by molar-refractivity contribution is 6.69. The van der Waals surface area contributed by atoms with E-state index < -0.39 is 0 Å². The Hall–Kier alpha value is -0.700. The molecule has 0 atom stereocenters. The molecule has 2 N–H and O–H groups in total. The molecular formula is C10H16ClN3. The standard InChI is InChI=1S/C10H16ClN3/c11-10-9(6-12-7-13-10)14-8-4-2-1-3-5-8/h6,8,12,14H,1-5,7H2. The van der Waals surface area contributed by atoms with Crippen molar-refractivity contribution in [2.45, 2.75) is 38.1 Å². The van der Waals surface area contributed by atoms with Crippen LogP contribution in [0.15, 0.2) is 16.9 Å². The van der Waals surface area contributed by atoms with E-state index >= 15 is 0 Å². The number of aliphatic imine (C=N–C) groups is 1. The van der Waals surface area contributed by atoms with Gasteiger partial charge in [0, 0.05) is 12.2 Å². The fourth-order valence-electron chi connectivity index (χ4n) is 1.98. The molecule has 2 rings (SSSR count). The zero-order valence-corrected chi connectivity index (χ0v) is 8.98. The normalized spacial score (nSPS) is 23.5. The van der Waals surface area contributed by atoms with Crippen LogP contribution in [0, 0.1) is 0 Å². The van der Waals surface area contributed by atoms with Gasteiger partial charge < -0.3 is 10.6 Å². The molecule has 78 valence electrons. The van der Waals surface area contributed by atoms with E-state index in [-0.39, 0.29) is 0 Å². The van der Waals surface area contributed by atoms with Crippen molar-refractivity contribution in [3.8, 4) is 0 Å². The monoisotopic (exact) mass is 213 g/mol. The quantitative estimate of drug-likeness (QED) is 0.736. The van der Waals surface area contributed by atoms with Gasteiger partial charge in [0.25, 0.3) is 0 Å². The Morgan fingerprint density at radius 3 is 2.86 bits per heavy atom. The highest BCUT2D eigenvalue weighted by atomic mass is 35.5. The number of halogens is 1. The summed E-state index contributed by atoms with van der Waals surface area (Å²) in [4.78, 5) is 4.12. The van der Waals surface area contributed by atoms with Gasteiger partial charge in [-0.25, -0.2) is 4.99 Å². The second-order valence-electron chi connectivity index (χ2n) is 3.85. The lowest BCUT2D eigenvalue weighted by Gasteiger charge is -2.25. The van der Waals surface area contributed by atoms with Crippen LogP contribution in [0.1, 0.15) is 32.1 Å². The fraction of sp³-hybridized carbons (Fsp3) is 0.700. The van der Waals surface area contributed by atoms with Crippen LogP contribution in [0.4, 0.5) is 0 Å². The highest BCUT2D eigenvalue weighted by Gasteiger charge is 2.16. The van der Waals surface area contributed by atoms with E-state index in [1.165, 1.54) is 32.1 Å². The van der Waals surface area contributed by atoms with Crippen LogP contribution in [0.2, 0.25) is 0 Å². The van der Waals surface area contributed by atoms with Crippen molar-refractivity contribution in [1.82, 2.24) is 10.6 Å². The van der Waals surface area contributed by atoms with E-state index in [1.54, 1.807) is 0 Å². The Bertz CT molecular complexity index is 254. The molecule has 1 aliphatic heterocycles. The minimum atomic E-state index is 0.582. The molecule has 14 heavy (non-hydrogen) atoms. The summed E-state index contributed by atoms with van der Waals surface area (Å²) in [5, 5.41) is 7.11. The maximum atomic E-state index is 5.98. The molecule has 1 saturated carbocycles. The number of rotatable bonds is 2. The van der Waals surface area contributed by atoms with E-state index in [0.717, 1.165) is 5.70 Å². The predicted octanol–water partition coefficient (Wildman–Crippen LogP) is 1.95. The lowest BCUT2D eigenvalue weighted by Crippen LogP contribution is -2.34. The zero-order chi connectivity index (χ0) is 9.80. The van der Waals surface area contributed by atoms with E-state index in [2.05, 4.69) is 15.6 Å². The lowest BCUT2D eigenvalue weighted by atomic mass is 9.95. The first kappa shape index (κ1) is 9.84. The summed E-state index contributed by atoms with van der Waals surface area (Å²) in [6, 6.07) is 0.582. The molecule has 4 heteroatoms. The number of allylic oxidation sites excluding steroid dienone is 1. The third kappa shape index (κ3) is 2.41. The summed E-state index contributed by atoms with van der Waals surface area (Å²) < 4.78 is 0. The first-order valence-corrected chi connectivity index (χ1v) is 5.64. The van der Waals surface area contributed by atoms with Gasteiger partial charge in [-0.1, -0.05) is 30.9 Å². The van der Waals surface area contributed by atoms with Crippen molar-refractivity contribution in [2.24, 2.45) is 4.99 Å². The van der Waals surface area contributed by atoms with Crippen molar-refractivity contribution >= 4 is 16.8 Å². The molecule has 3 nitrogen and oxygen atoms in total. The second kappa shape index (κ2) is 4.69. The van der Waals surface area contributed by atoms with E-state index in [4.69, 9.17) is 11.6 Å². The molecule has 0 aromatic carbocycles. The first-order chi connectivity index (χ1) is 6.86. The zero-order valence-electron chi connectivity index (χ0n) is 8.22. The topological polar surface area (TPSA) is 36.4 Å². The van der Waals surface area contributed by atoms with Gasteiger partial charge in [-0.3, -0.25) is 0 Å². The van der Waals surface area contributed by atoms with Crippen molar-refractivity contribution in [3.05, 3.63) is 11.9 Å². The minimum Gasteiger partial charge on any atom is -0.379 e. The van der Waals surface area contributed by atoms with E-state index in [1.807, 2.05) is 6.20 Å². The van der Waals surface area contributed by atoms with Crippen molar-refractivity contribution in [1.29, 1.82) is 0 Å². The molecule has 0 bridgehead atoms. The Balaban J connectivity index is 1.89. The number of nitrogens with zero attached hydrogens (tertiary/aromatic N) is 1. The molecule has 1 heterocycles. The highest BCUT2D eigenvalue weighted by Crippen LogP contribution is 2.19. The van der Waals surface area contributed by atoms with Gasteiger partial charge in [0.05, 0.1) is 5.70 Å². The van der Waals surface area contributed by atoms with Crippen molar-refractivity contribution < 1.29 is 0 Å². The lowest BCUT2D eigenvalue weighted by molar-refractivity contribution is 0.400. The van der Waals surface area contributed by atoms with Crippen LogP contribution >= 0.6 is 11.6 Å². The number of hydrogen-bond donors (Lipinski definition) is 2. The van der Waals surface area contributed by atoms with Crippen LogP contribution in [0.3, 0.4) is 0 Å². The number of nitrogens with one attached hydrogen (secondary N) is 2. The van der Waals surface area contributed by atoms with Gasteiger partial charge in [-0.05, 0) is 12.8 Å². The first-order valence-electron chi connectivity index (χ1n) is 5.26. The Morgan fingerprint density at radius 2 is 2.14 bits per heavy atom. The van der Waals surface area contributed by atoms with Gasteiger partial charge in [-0.15, -0.1) is 0 Å². The molecule has 0 unspecified atom stereocenters. The summed E-state index contributed by atoms with van der Waals surface area (Å²) in [6.07, 6.45) is 8.45. The molecule has 0 spiro atoms. The van der Waals surface area contributed by atoms with Gasteiger partial charge in [0.15, 0.2) is 0 Å². The second-order valence-corrected chi connectivity index (χ2v) is 4.21. The van der Waals surface area contributed by atoms with Crippen LogP contribution in [-0.2, 0) is 0 Å². The Morgan fingerprint density at radius 1 is 1.36 bits per heavy atom. The summed E-state index contributed by atoms with van der Waals surface area (Å²) in [6.45, 7) is 0.592. The largest absolute Gasteiger partial charge is 0.379 e. The third-order valence-corrected chi connectivity index (χ3v) is 3.07. The van der Waals surface area contributed by atoms with Gasteiger partial charge in [0.2, 0.25) is 0 Å². The maximum Gasteiger partial charge on any atom is 0.150 e. The summed E-state index contributed by atoms with van der Waals surface area (Å²) in [5.41, 5.74) is 0.949. The molecular weight excluding hydrogens is 198 g/mol. The predicted molar refractivity (Wildman–Crippen MR) is 59.4 cm³/mol. The molecule has 0 aromatic heterocycles. The van der Waals surface area contributed by atoms with Crippen LogP contribution < -0.4 is 10.6 Å². The van der Waals surface area contributed by atoms with E-state index in [9.17, 15) is 0 Å². The fourth-order valence-corrected chi connectivity index (χ4v) is 2.14. The molecule has 0 aromatic rings. The molecule has 1 aliphatic carbocycles. The van der Waals surface area contributed by atoms with Crippen molar-refractivity contribution in [3.63, 3.8) is 0 Å². The molecule has 0 radical (unpaired) electrons. The molecule has 1 fully saturated rings. The van der Waals surface area contributed by atoms with Crippen LogP contribution in [0.25, 0.3) is 0 Å². The molecule has 2 aliphatic rings. The average molecular weight is 214 g/mol. The smallest absolute Gasteiger partial charge is 0.150 e. The molecule has 0 saturated heterocycles. The maximum absolute atomic E-state index is 5.98. The summed E-state index contributed by atoms with van der Waals surface area (Å²) in [5.74, 6) is 0. The van der Waals surface area contributed by atoms with Gasteiger partial charge in [-0.2, -0.15) is 0 Å². The Kier molecular flexibility index (Phi) is 3.30. The molecule has 0 amide bonds. The van der Waals surface area contributed by atoms with Gasteiger partial charge >= 0.3 is 0 Å². The number of hydrogen-bond acceptors (Lipinski definition) is 3. The minimum absolute atomic E-state index is 0.582. The summed E-state index contributed by atoms with van der Waals surface area (Å²) >= 11 is 5.98. The third-order valence-electron chi connectivity index (χ3n) is 2.74. The SMILES string of the molecule is ClC1=NCNC=C1NC1CCCCC1. The van der Waals surface area contributed by atoms with Gasteiger partial charge in [0.1, 0.15) is 11.8 Å². The van der Waals surface area contributed by atoms with Crippen LogP contribution in [0.5, 0.6) is 0 Å². The average Bonchev–Trinajstić information content (AvgIpc) is 2.23.